The van der Waals surface area contributed by atoms with Crippen LogP contribution in [0, 0.1) is 6.92 Å². The van der Waals surface area contributed by atoms with Crippen molar-refractivity contribution in [1.82, 2.24) is 0 Å². The third-order valence-electron chi connectivity index (χ3n) is 2.66. The SMILES string of the molecule is C=C(C)C(=O)OCCCCCOc1ccc(C)cc1. The molecule has 0 aromatic heterocycles. The van der Waals surface area contributed by atoms with Crippen LogP contribution in [-0.4, -0.2) is 19.2 Å². The molecular formula is C16H22O3. The summed E-state index contributed by atoms with van der Waals surface area (Å²) in [6.45, 7) is 8.38. The van der Waals surface area contributed by atoms with Crippen molar-refractivity contribution in [3.05, 3.63) is 42.0 Å². The van der Waals surface area contributed by atoms with Crippen molar-refractivity contribution < 1.29 is 14.3 Å². The van der Waals surface area contributed by atoms with Gasteiger partial charge in [0, 0.05) is 5.57 Å². The molecule has 0 saturated heterocycles. The quantitative estimate of drug-likeness (QED) is 0.407. The molecule has 0 saturated carbocycles. The normalized spacial score (nSPS) is 10.0. The number of rotatable bonds is 8. The highest BCUT2D eigenvalue weighted by atomic mass is 16.5. The van der Waals surface area contributed by atoms with Crippen LogP contribution in [0.3, 0.4) is 0 Å². The Labute approximate surface area is 115 Å². The molecule has 0 atom stereocenters. The molecule has 0 aliphatic carbocycles. The molecule has 0 amide bonds. The van der Waals surface area contributed by atoms with Gasteiger partial charge in [-0.25, -0.2) is 4.79 Å². The third-order valence-corrected chi connectivity index (χ3v) is 2.66. The lowest BCUT2D eigenvalue weighted by Crippen LogP contribution is -2.06. The summed E-state index contributed by atoms with van der Waals surface area (Å²) in [4.78, 5) is 11.1. The monoisotopic (exact) mass is 262 g/mol. The second kappa shape index (κ2) is 8.35. The maximum Gasteiger partial charge on any atom is 0.333 e. The van der Waals surface area contributed by atoms with E-state index in [1.807, 2.05) is 24.3 Å². The second-order valence-corrected chi connectivity index (χ2v) is 4.64. The summed E-state index contributed by atoms with van der Waals surface area (Å²) in [5, 5.41) is 0. The number of ether oxygens (including phenoxy) is 2. The van der Waals surface area contributed by atoms with Gasteiger partial charge in [0.1, 0.15) is 5.75 Å². The largest absolute Gasteiger partial charge is 0.494 e. The van der Waals surface area contributed by atoms with Crippen molar-refractivity contribution in [1.29, 1.82) is 0 Å². The Morgan fingerprint density at radius 2 is 1.74 bits per heavy atom. The summed E-state index contributed by atoms with van der Waals surface area (Å²) in [7, 11) is 0. The van der Waals surface area contributed by atoms with Gasteiger partial charge in [-0.1, -0.05) is 24.3 Å². The topological polar surface area (TPSA) is 35.5 Å². The van der Waals surface area contributed by atoms with E-state index in [1.165, 1.54) is 5.56 Å². The van der Waals surface area contributed by atoms with Crippen molar-refractivity contribution in [2.75, 3.05) is 13.2 Å². The Hall–Kier alpha value is -1.77. The van der Waals surface area contributed by atoms with Crippen LogP contribution in [0.25, 0.3) is 0 Å². The van der Waals surface area contributed by atoms with Gasteiger partial charge in [-0.3, -0.25) is 0 Å². The highest BCUT2D eigenvalue weighted by molar-refractivity contribution is 5.86. The van der Waals surface area contributed by atoms with Crippen LogP contribution in [0.1, 0.15) is 31.7 Å². The fourth-order valence-corrected chi connectivity index (χ4v) is 1.49. The van der Waals surface area contributed by atoms with Crippen LogP contribution in [0.2, 0.25) is 0 Å². The highest BCUT2D eigenvalue weighted by Gasteiger charge is 2.01. The van der Waals surface area contributed by atoms with Gasteiger partial charge < -0.3 is 9.47 Å². The van der Waals surface area contributed by atoms with Crippen molar-refractivity contribution in [3.63, 3.8) is 0 Å². The average Bonchev–Trinajstić information content (AvgIpc) is 2.39. The van der Waals surface area contributed by atoms with Gasteiger partial charge in [0.25, 0.3) is 0 Å². The number of carbonyl (C=O) groups is 1. The minimum atomic E-state index is -0.309. The summed E-state index contributed by atoms with van der Waals surface area (Å²) in [5.41, 5.74) is 1.68. The molecule has 0 unspecified atom stereocenters. The predicted octanol–water partition coefficient (Wildman–Crippen LogP) is 3.66. The highest BCUT2D eigenvalue weighted by Crippen LogP contribution is 2.12. The van der Waals surface area contributed by atoms with Crippen LogP contribution in [-0.2, 0) is 9.53 Å². The van der Waals surface area contributed by atoms with E-state index in [9.17, 15) is 4.79 Å². The molecule has 3 heteroatoms. The second-order valence-electron chi connectivity index (χ2n) is 4.64. The van der Waals surface area contributed by atoms with Crippen LogP contribution >= 0.6 is 0 Å². The van der Waals surface area contributed by atoms with Crippen molar-refractivity contribution in [2.24, 2.45) is 0 Å². The number of unbranched alkanes of at least 4 members (excludes halogenated alkanes) is 2. The van der Waals surface area contributed by atoms with E-state index >= 15 is 0 Å². The minimum Gasteiger partial charge on any atom is -0.494 e. The maximum atomic E-state index is 11.1. The van der Waals surface area contributed by atoms with E-state index in [2.05, 4.69) is 13.5 Å². The Balaban J connectivity index is 2.01. The van der Waals surface area contributed by atoms with Gasteiger partial charge in [-0.15, -0.1) is 0 Å². The number of hydrogen-bond donors (Lipinski definition) is 0. The molecular weight excluding hydrogens is 240 g/mol. The van der Waals surface area contributed by atoms with Crippen LogP contribution in [0.15, 0.2) is 36.4 Å². The van der Waals surface area contributed by atoms with Crippen LogP contribution < -0.4 is 4.74 Å². The standard InChI is InChI=1S/C16H22O3/c1-13(2)16(17)19-12-6-4-5-11-18-15-9-7-14(3)8-10-15/h7-10H,1,4-6,11-12H2,2-3H3. The molecule has 0 aliphatic heterocycles. The lowest BCUT2D eigenvalue weighted by atomic mass is 10.2. The van der Waals surface area contributed by atoms with E-state index in [-0.39, 0.29) is 5.97 Å². The average molecular weight is 262 g/mol. The molecule has 0 bridgehead atoms. The lowest BCUT2D eigenvalue weighted by molar-refractivity contribution is -0.139. The van der Waals surface area contributed by atoms with Crippen LogP contribution in [0.5, 0.6) is 5.75 Å². The van der Waals surface area contributed by atoms with E-state index in [4.69, 9.17) is 9.47 Å². The van der Waals surface area contributed by atoms with Crippen molar-refractivity contribution in [3.8, 4) is 5.75 Å². The molecule has 0 aliphatic rings. The van der Waals surface area contributed by atoms with Crippen molar-refractivity contribution in [2.45, 2.75) is 33.1 Å². The van der Waals surface area contributed by atoms with E-state index in [1.54, 1.807) is 6.92 Å². The molecule has 19 heavy (non-hydrogen) atoms. The molecule has 1 aromatic rings. The number of carbonyl (C=O) groups excluding carboxylic acids is 1. The molecule has 0 heterocycles. The Morgan fingerprint density at radius 3 is 2.37 bits per heavy atom. The number of benzene rings is 1. The number of hydrogen-bond acceptors (Lipinski definition) is 3. The smallest absolute Gasteiger partial charge is 0.333 e. The molecule has 1 rings (SSSR count). The third kappa shape index (κ3) is 6.65. The fourth-order valence-electron chi connectivity index (χ4n) is 1.49. The zero-order chi connectivity index (χ0) is 14.1. The van der Waals surface area contributed by atoms with Gasteiger partial charge in [-0.2, -0.15) is 0 Å². The summed E-state index contributed by atoms with van der Waals surface area (Å²) in [6.07, 6.45) is 2.80. The summed E-state index contributed by atoms with van der Waals surface area (Å²) < 4.78 is 10.6. The molecule has 104 valence electrons. The van der Waals surface area contributed by atoms with E-state index in [0.29, 0.717) is 18.8 Å². The lowest BCUT2D eigenvalue weighted by Gasteiger charge is -2.07. The zero-order valence-electron chi connectivity index (χ0n) is 11.8. The van der Waals surface area contributed by atoms with E-state index < -0.39 is 0 Å². The first kappa shape index (κ1) is 15.3. The van der Waals surface area contributed by atoms with Crippen LogP contribution in [0.4, 0.5) is 0 Å². The molecule has 0 fully saturated rings. The fraction of sp³-hybridized carbons (Fsp3) is 0.438. The molecule has 3 nitrogen and oxygen atoms in total. The Kier molecular flexibility index (Phi) is 6.72. The minimum absolute atomic E-state index is 0.309. The summed E-state index contributed by atoms with van der Waals surface area (Å²) in [5.74, 6) is 0.593. The van der Waals surface area contributed by atoms with Gasteiger partial charge in [-0.05, 0) is 45.2 Å². The van der Waals surface area contributed by atoms with Gasteiger partial charge >= 0.3 is 5.97 Å². The zero-order valence-corrected chi connectivity index (χ0v) is 11.8. The van der Waals surface area contributed by atoms with Gasteiger partial charge in [0.2, 0.25) is 0 Å². The number of aryl methyl sites for hydroxylation is 1. The molecule has 0 N–H and O–H groups in total. The first-order valence-electron chi connectivity index (χ1n) is 6.61. The maximum absolute atomic E-state index is 11.1. The van der Waals surface area contributed by atoms with Gasteiger partial charge in [0.05, 0.1) is 13.2 Å². The summed E-state index contributed by atoms with van der Waals surface area (Å²) in [6, 6.07) is 8.02. The van der Waals surface area contributed by atoms with Gasteiger partial charge in [0.15, 0.2) is 0 Å². The first-order chi connectivity index (χ1) is 9.09. The predicted molar refractivity (Wildman–Crippen MR) is 76.3 cm³/mol. The first-order valence-corrected chi connectivity index (χ1v) is 6.61. The Bertz CT molecular complexity index is 407. The molecule has 0 spiro atoms. The van der Waals surface area contributed by atoms with Crippen molar-refractivity contribution >= 4 is 5.97 Å². The van der Waals surface area contributed by atoms with E-state index in [0.717, 1.165) is 25.0 Å². The molecule has 0 radical (unpaired) electrons. The molecule has 1 aromatic carbocycles. The summed E-state index contributed by atoms with van der Waals surface area (Å²) >= 11 is 0. The Morgan fingerprint density at radius 1 is 1.11 bits per heavy atom. The number of esters is 1.